The van der Waals surface area contributed by atoms with Crippen LogP contribution >= 0.6 is 0 Å². The van der Waals surface area contributed by atoms with Crippen molar-refractivity contribution >= 4 is 5.97 Å². The Kier molecular flexibility index (Phi) is 3.19. The summed E-state index contributed by atoms with van der Waals surface area (Å²) in [5, 5.41) is 27.5. The zero-order chi connectivity index (χ0) is 13.1. The Balaban J connectivity index is 2.27. The second-order valence-corrected chi connectivity index (χ2v) is 4.00. The predicted molar refractivity (Wildman–Crippen MR) is 66.0 cm³/mol. The molecule has 2 rings (SSSR count). The van der Waals surface area contributed by atoms with Gasteiger partial charge in [-0.05, 0) is 41.8 Å². The molecule has 4 heteroatoms. The molecule has 0 aliphatic rings. The van der Waals surface area contributed by atoms with Crippen molar-refractivity contribution in [3.05, 3.63) is 59.2 Å². The standard InChI is InChI=1S/C14H12O4/c15-11-4-1-9(2-5-11)7-10-3-6-13(16)12(8-10)14(17)18/h1-6,8,15-16H,7H2,(H,17,18). The third-order valence-electron chi connectivity index (χ3n) is 2.64. The van der Waals surface area contributed by atoms with Gasteiger partial charge in [-0.2, -0.15) is 0 Å². The van der Waals surface area contributed by atoms with Gasteiger partial charge >= 0.3 is 5.97 Å². The topological polar surface area (TPSA) is 77.8 Å². The van der Waals surface area contributed by atoms with Crippen molar-refractivity contribution in [2.45, 2.75) is 6.42 Å². The smallest absolute Gasteiger partial charge is 0.339 e. The van der Waals surface area contributed by atoms with Crippen LogP contribution in [0.2, 0.25) is 0 Å². The van der Waals surface area contributed by atoms with Crippen molar-refractivity contribution in [3.63, 3.8) is 0 Å². The van der Waals surface area contributed by atoms with Gasteiger partial charge < -0.3 is 15.3 Å². The molecule has 0 aliphatic carbocycles. The van der Waals surface area contributed by atoms with Crippen LogP contribution in [0.25, 0.3) is 0 Å². The molecule has 92 valence electrons. The van der Waals surface area contributed by atoms with E-state index >= 15 is 0 Å². The second-order valence-electron chi connectivity index (χ2n) is 4.00. The average Bonchev–Trinajstić information content (AvgIpc) is 2.34. The molecule has 0 aromatic heterocycles. The van der Waals surface area contributed by atoms with Crippen LogP contribution in [-0.2, 0) is 6.42 Å². The summed E-state index contributed by atoms with van der Waals surface area (Å²) in [7, 11) is 0. The minimum Gasteiger partial charge on any atom is -0.508 e. The Hall–Kier alpha value is -2.49. The van der Waals surface area contributed by atoms with Crippen molar-refractivity contribution in [1.82, 2.24) is 0 Å². The molecule has 0 spiro atoms. The maximum absolute atomic E-state index is 10.9. The maximum atomic E-state index is 10.9. The molecule has 0 bridgehead atoms. The molecule has 0 atom stereocenters. The molecule has 0 radical (unpaired) electrons. The summed E-state index contributed by atoms with van der Waals surface area (Å²) in [5.41, 5.74) is 1.64. The van der Waals surface area contributed by atoms with Gasteiger partial charge in [-0.1, -0.05) is 18.2 Å². The molecular formula is C14H12O4. The molecule has 2 aromatic carbocycles. The first-order valence-electron chi connectivity index (χ1n) is 5.39. The first kappa shape index (κ1) is 12.0. The molecule has 0 heterocycles. The van der Waals surface area contributed by atoms with Crippen LogP contribution in [0.1, 0.15) is 21.5 Å². The predicted octanol–water partition coefficient (Wildman–Crippen LogP) is 2.39. The maximum Gasteiger partial charge on any atom is 0.339 e. The summed E-state index contributed by atoms with van der Waals surface area (Å²) in [5.74, 6) is -1.20. The number of aromatic carboxylic acids is 1. The summed E-state index contributed by atoms with van der Waals surface area (Å²) >= 11 is 0. The molecule has 0 unspecified atom stereocenters. The van der Waals surface area contributed by atoms with E-state index in [1.165, 1.54) is 12.1 Å². The summed E-state index contributed by atoms with van der Waals surface area (Å²) in [4.78, 5) is 10.9. The van der Waals surface area contributed by atoms with E-state index in [4.69, 9.17) is 10.2 Å². The fourth-order valence-corrected chi connectivity index (χ4v) is 1.71. The zero-order valence-electron chi connectivity index (χ0n) is 9.50. The number of rotatable bonds is 3. The van der Waals surface area contributed by atoms with E-state index in [9.17, 15) is 9.90 Å². The van der Waals surface area contributed by atoms with E-state index in [1.54, 1.807) is 30.3 Å². The average molecular weight is 244 g/mol. The molecule has 0 fully saturated rings. The fourth-order valence-electron chi connectivity index (χ4n) is 1.71. The SMILES string of the molecule is O=C(O)c1cc(Cc2ccc(O)cc2)ccc1O. The van der Waals surface area contributed by atoms with Gasteiger partial charge in [0.2, 0.25) is 0 Å². The van der Waals surface area contributed by atoms with E-state index in [0.29, 0.717) is 6.42 Å². The van der Waals surface area contributed by atoms with Gasteiger partial charge in [0.05, 0.1) is 0 Å². The first-order chi connectivity index (χ1) is 8.56. The van der Waals surface area contributed by atoms with Crippen molar-refractivity contribution in [1.29, 1.82) is 0 Å². The van der Waals surface area contributed by atoms with Gasteiger partial charge in [0.1, 0.15) is 17.1 Å². The van der Waals surface area contributed by atoms with Gasteiger partial charge in [-0.3, -0.25) is 0 Å². The minimum absolute atomic E-state index is 0.105. The number of aromatic hydroxyl groups is 2. The number of carboxylic acids is 1. The van der Waals surface area contributed by atoms with Gasteiger partial charge in [-0.25, -0.2) is 4.79 Å². The highest BCUT2D eigenvalue weighted by molar-refractivity contribution is 5.90. The number of hydrogen-bond acceptors (Lipinski definition) is 3. The third kappa shape index (κ3) is 2.60. The van der Waals surface area contributed by atoms with Crippen LogP contribution in [0, 0.1) is 0 Å². The highest BCUT2D eigenvalue weighted by atomic mass is 16.4. The Morgan fingerprint density at radius 1 is 0.944 bits per heavy atom. The van der Waals surface area contributed by atoms with Crippen molar-refractivity contribution in [2.75, 3.05) is 0 Å². The van der Waals surface area contributed by atoms with E-state index < -0.39 is 5.97 Å². The lowest BCUT2D eigenvalue weighted by atomic mass is 10.0. The van der Waals surface area contributed by atoms with Crippen molar-refractivity contribution < 1.29 is 20.1 Å². The monoisotopic (exact) mass is 244 g/mol. The van der Waals surface area contributed by atoms with Gasteiger partial charge in [0.15, 0.2) is 0 Å². The Bertz CT molecular complexity index is 573. The van der Waals surface area contributed by atoms with Gasteiger partial charge in [0, 0.05) is 0 Å². The van der Waals surface area contributed by atoms with Crippen LogP contribution in [-0.4, -0.2) is 21.3 Å². The van der Waals surface area contributed by atoms with E-state index in [-0.39, 0.29) is 17.1 Å². The quantitative estimate of drug-likeness (QED) is 0.774. The van der Waals surface area contributed by atoms with Crippen molar-refractivity contribution in [3.8, 4) is 11.5 Å². The lowest BCUT2D eigenvalue weighted by Crippen LogP contribution is -1.98. The number of phenols is 2. The van der Waals surface area contributed by atoms with Crippen LogP contribution in [0.3, 0.4) is 0 Å². The number of benzene rings is 2. The summed E-state index contributed by atoms with van der Waals surface area (Å²) < 4.78 is 0. The number of hydrogen-bond donors (Lipinski definition) is 3. The number of phenolic OH excluding ortho intramolecular Hbond substituents is 1. The Morgan fingerprint density at radius 3 is 2.17 bits per heavy atom. The first-order valence-corrected chi connectivity index (χ1v) is 5.39. The number of carbonyl (C=O) groups is 1. The zero-order valence-corrected chi connectivity index (χ0v) is 9.50. The van der Waals surface area contributed by atoms with E-state index in [1.807, 2.05) is 0 Å². The molecule has 3 N–H and O–H groups in total. The van der Waals surface area contributed by atoms with E-state index in [0.717, 1.165) is 11.1 Å². The molecule has 0 saturated heterocycles. The Morgan fingerprint density at radius 2 is 1.56 bits per heavy atom. The molecule has 0 amide bonds. The largest absolute Gasteiger partial charge is 0.508 e. The second kappa shape index (κ2) is 4.79. The normalized spacial score (nSPS) is 10.2. The number of carboxylic acid groups (broad SMARTS) is 1. The van der Waals surface area contributed by atoms with Gasteiger partial charge in [0.25, 0.3) is 0 Å². The molecule has 2 aromatic rings. The Labute approximate surface area is 104 Å². The summed E-state index contributed by atoms with van der Waals surface area (Å²) in [6.07, 6.45) is 0.542. The van der Waals surface area contributed by atoms with Crippen LogP contribution < -0.4 is 0 Å². The summed E-state index contributed by atoms with van der Waals surface area (Å²) in [6, 6.07) is 11.2. The molecule has 18 heavy (non-hydrogen) atoms. The highest BCUT2D eigenvalue weighted by Crippen LogP contribution is 2.21. The highest BCUT2D eigenvalue weighted by Gasteiger charge is 2.10. The fraction of sp³-hybridized carbons (Fsp3) is 0.0714. The lowest BCUT2D eigenvalue weighted by Gasteiger charge is -2.05. The van der Waals surface area contributed by atoms with Crippen molar-refractivity contribution in [2.24, 2.45) is 0 Å². The van der Waals surface area contributed by atoms with Crippen LogP contribution in [0.15, 0.2) is 42.5 Å². The third-order valence-corrected chi connectivity index (χ3v) is 2.64. The van der Waals surface area contributed by atoms with E-state index in [2.05, 4.69) is 0 Å². The van der Waals surface area contributed by atoms with Gasteiger partial charge in [-0.15, -0.1) is 0 Å². The van der Waals surface area contributed by atoms with Crippen LogP contribution in [0.4, 0.5) is 0 Å². The molecule has 0 aliphatic heterocycles. The minimum atomic E-state index is -1.15. The van der Waals surface area contributed by atoms with Crippen LogP contribution in [0.5, 0.6) is 11.5 Å². The molecule has 4 nitrogen and oxygen atoms in total. The molecule has 0 saturated carbocycles. The lowest BCUT2D eigenvalue weighted by molar-refractivity contribution is 0.0693. The summed E-state index contributed by atoms with van der Waals surface area (Å²) in [6.45, 7) is 0. The molecular weight excluding hydrogens is 232 g/mol.